The Morgan fingerprint density at radius 3 is 2.42 bits per heavy atom. The molecule has 0 rings (SSSR count). The smallest absolute Gasteiger partial charge is 0.00386 e. The lowest BCUT2D eigenvalue weighted by molar-refractivity contribution is 0.495. The van der Waals surface area contributed by atoms with Gasteiger partial charge in [-0.1, -0.05) is 20.3 Å². The number of nitrogens with one attached hydrogen (secondary N) is 2. The van der Waals surface area contributed by atoms with Gasteiger partial charge in [0.05, 0.1) is 0 Å². The van der Waals surface area contributed by atoms with Gasteiger partial charge < -0.3 is 10.6 Å². The molecule has 0 heterocycles. The molecule has 0 aliphatic rings. The molecular formula is C10H24N2. The Kier molecular flexibility index (Phi) is 8.95. The molecule has 0 aromatic rings. The molecule has 0 bridgehead atoms. The highest BCUT2D eigenvalue weighted by atomic mass is 14.9. The van der Waals surface area contributed by atoms with Gasteiger partial charge in [-0.3, -0.25) is 0 Å². The Labute approximate surface area is 77.1 Å². The Bertz CT molecular complexity index is 83.9. The summed E-state index contributed by atoms with van der Waals surface area (Å²) < 4.78 is 0. The number of unbranched alkanes of at least 4 members (excludes halogenated alkanes) is 1. The first-order valence-corrected chi connectivity index (χ1v) is 5.25. The van der Waals surface area contributed by atoms with Gasteiger partial charge in [-0.15, -0.1) is 0 Å². The normalized spacial score (nSPS) is 13.2. The van der Waals surface area contributed by atoms with Crippen LogP contribution in [-0.4, -0.2) is 25.7 Å². The molecule has 0 unspecified atom stereocenters. The van der Waals surface area contributed by atoms with E-state index in [1.54, 1.807) is 0 Å². The molecule has 12 heavy (non-hydrogen) atoms. The monoisotopic (exact) mass is 172 g/mol. The van der Waals surface area contributed by atoms with Crippen LogP contribution >= 0.6 is 0 Å². The zero-order valence-corrected chi connectivity index (χ0v) is 8.82. The lowest BCUT2D eigenvalue weighted by Gasteiger charge is -2.11. The Morgan fingerprint density at radius 1 is 1.08 bits per heavy atom. The first-order valence-electron chi connectivity index (χ1n) is 5.25. The van der Waals surface area contributed by atoms with Crippen molar-refractivity contribution >= 4 is 0 Å². The molecule has 0 aromatic carbocycles. The van der Waals surface area contributed by atoms with Crippen molar-refractivity contribution in [3.8, 4) is 0 Å². The summed E-state index contributed by atoms with van der Waals surface area (Å²) in [6, 6.07) is 0.691. The topological polar surface area (TPSA) is 24.1 Å². The van der Waals surface area contributed by atoms with Crippen LogP contribution in [-0.2, 0) is 0 Å². The summed E-state index contributed by atoms with van der Waals surface area (Å²) in [4.78, 5) is 0. The second-order valence-electron chi connectivity index (χ2n) is 3.31. The minimum Gasteiger partial charge on any atom is -0.317 e. The number of hydrogen-bond acceptors (Lipinski definition) is 2. The van der Waals surface area contributed by atoms with E-state index in [4.69, 9.17) is 0 Å². The van der Waals surface area contributed by atoms with Crippen LogP contribution in [0.3, 0.4) is 0 Å². The summed E-state index contributed by atoms with van der Waals surface area (Å²) in [5.41, 5.74) is 0. The van der Waals surface area contributed by atoms with Crippen molar-refractivity contribution in [3.05, 3.63) is 0 Å². The molecule has 0 fully saturated rings. The van der Waals surface area contributed by atoms with Crippen molar-refractivity contribution in [2.45, 2.75) is 46.1 Å². The predicted molar refractivity (Wildman–Crippen MR) is 55.5 cm³/mol. The molecule has 1 atom stereocenters. The minimum atomic E-state index is 0.691. The van der Waals surface area contributed by atoms with Gasteiger partial charge in [0.15, 0.2) is 0 Å². The summed E-state index contributed by atoms with van der Waals surface area (Å²) in [6.45, 7) is 9.94. The minimum absolute atomic E-state index is 0.691. The number of hydrogen-bond donors (Lipinski definition) is 2. The van der Waals surface area contributed by atoms with Crippen molar-refractivity contribution in [1.82, 2.24) is 10.6 Å². The van der Waals surface area contributed by atoms with Gasteiger partial charge in [0.25, 0.3) is 0 Å². The van der Waals surface area contributed by atoms with E-state index in [1.165, 1.54) is 25.8 Å². The molecular weight excluding hydrogens is 148 g/mol. The summed E-state index contributed by atoms with van der Waals surface area (Å²) >= 11 is 0. The highest BCUT2D eigenvalue weighted by Gasteiger charge is 1.97. The van der Waals surface area contributed by atoms with E-state index in [-0.39, 0.29) is 0 Å². The van der Waals surface area contributed by atoms with Gasteiger partial charge in [-0.2, -0.15) is 0 Å². The average molecular weight is 172 g/mol. The van der Waals surface area contributed by atoms with Crippen molar-refractivity contribution in [2.24, 2.45) is 0 Å². The molecule has 0 amide bonds. The predicted octanol–water partition coefficient (Wildman–Crippen LogP) is 1.76. The van der Waals surface area contributed by atoms with Crippen molar-refractivity contribution in [3.63, 3.8) is 0 Å². The molecule has 2 heteroatoms. The van der Waals surface area contributed by atoms with E-state index in [9.17, 15) is 0 Å². The Morgan fingerprint density at radius 2 is 1.83 bits per heavy atom. The SMILES string of the molecule is CCNCCCC[C@H](C)NCC. The van der Waals surface area contributed by atoms with E-state index in [2.05, 4.69) is 31.4 Å². The van der Waals surface area contributed by atoms with Gasteiger partial charge in [-0.25, -0.2) is 0 Å². The standard InChI is InChI=1S/C10H24N2/c1-4-11-9-7-6-8-10(3)12-5-2/h10-12H,4-9H2,1-3H3/t10-/m0/s1. The van der Waals surface area contributed by atoms with E-state index in [1.807, 2.05) is 0 Å². The molecule has 0 saturated heterocycles. The maximum atomic E-state index is 3.42. The maximum Gasteiger partial charge on any atom is 0.00386 e. The van der Waals surface area contributed by atoms with Crippen LogP contribution < -0.4 is 10.6 Å². The molecule has 2 N–H and O–H groups in total. The van der Waals surface area contributed by atoms with Crippen LogP contribution in [0.25, 0.3) is 0 Å². The van der Waals surface area contributed by atoms with Gasteiger partial charge in [-0.05, 0) is 39.4 Å². The molecule has 0 spiro atoms. The van der Waals surface area contributed by atoms with Crippen LogP contribution in [0.5, 0.6) is 0 Å². The van der Waals surface area contributed by atoms with Crippen LogP contribution in [0, 0.1) is 0 Å². The van der Waals surface area contributed by atoms with Crippen molar-refractivity contribution < 1.29 is 0 Å². The fourth-order valence-corrected chi connectivity index (χ4v) is 1.33. The third kappa shape index (κ3) is 8.02. The van der Waals surface area contributed by atoms with Crippen molar-refractivity contribution in [2.75, 3.05) is 19.6 Å². The van der Waals surface area contributed by atoms with Gasteiger partial charge in [0.1, 0.15) is 0 Å². The molecule has 0 aromatic heterocycles. The summed E-state index contributed by atoms with van der Waals surface area (Å²) in [6.07, 6.45) is 3.95. The first-order chi connectivity index (χ1) is 5.81. The summed E-state index contributed by atoms with van der Waals surface area (Å²) in [5.74, 6) is 0. The van der Waals surface area contributed by atoms with E-state index in [0.717, 1.165) is 13.1 Å². The highest BCUT2D eigenvalue weighted by molar-refractivity contribution is 4.59. The Balaban J connectivity index is 2.97. The van der Waals surface area contributed by atoms with Gasteiger partial charge in [0, 0.05) is 6.04 Å². The molecule has 0 saturated carbocycles. The van der Waals surface area contributed by atoms with Crippen LogP contribution in [0.15, 0.2) is 0 Å². The quantitative estimate of drug-likeness (QED) is 0.545. The van der Waals surface area contributed by atoms with Crippen LogP contribution in [0.4, 0.5) is 0 Å². The van der Waals surface area contributed by atoms with Crippen LogP contribution in [0.2, 0.25) is 0 Å². The first kappa shape index (κ1) is 11.9. The second kappa shape index (κ2) is 9.01. The molecule has 0 radical (unpaired) electrons. The number of rotatable bonds is 8. The zero-order valence-electron chi connectivity index (χ0n) is 8.82. The summed E-state index contributed by atoms with van der Waals surface area (Å²) in [7, 11) is 0. The van der Waals surface area contributed by atoms with E-state index >= 15 is 0 Å². The fourth-order valence-electron chi connectivity index (χ4n) is 1.33. The lowest BCUT2D eigenvalue weighted by Crippen LogP contribution is -2.25. The zero-order chi connectivity index (χ0) is 9.23. The fraction of sp³-hybridized carbons (Fsp3) is 1.00. The largest absolute Gasteiger partial charge is 0.317 e. The highest BCUT2D eigenvalue weighted by Crippen LogP contribution is 1.98. The lowest BCUT2D eigenvalue weighted by atomic mass is 10.1. The summed E-state index contributed by atoms with van der Waals surface area (Å²) in [5, 5.41) is 6.75. The molecule has 2 nitrogen and oxygen atoms in total. The van der Waals surface area contributed by atoms with Gasteiger partial charge >= 0.3 is 0 Å². The molecule has 74 valence electrons. The van der Waals surface area contributed by atoms with Crippen LogP contribution in [0.1, 0.15) is 40.0 Å². The molecule has 0 aliphatic heterocycles. The van der Waals surface area contributed by atoms with E-state index in [0.29, 0.717) is 6.04 Å². The maximum absolute atomic E-state index is 3.42. The third-order valence-electron chi connectivity index (χ3n) is 2.04. The average Bonchev–Trinajstić information content (AvgIpc) is 2.05. The second-order valence-corrected chi connectivity index (χ2v) is 3.31. The third-order valence-corrected chi connectivity index (χ3v) is 2.04. The van der Waals surface area contributed by atoms with Crippen molar-refractivity contribution in [1.29, 1.82) is 0 Å². The Hall–Kier alpha value is -0.0800. The van der Waals surface area contributed by atoms with Gasteiger partial charge in [0.2, 0.25) is 0 Å². The molecule has 0 aliphatic carbocycles. The van der Waals surface area contributed by atoms with E-state index < -0.39 is 0 Å².